The van der Waals surface area contributed by atoms with Crippen molar-refractivity contribution in [2.75, 3.05) is 6.54 Å². The minimum Gasteiger partial charge on any atom is -0.356 e. The number of aryl methyl sites for hydroxylation is 1. The summed E-state index contributed by atoms with van der Waals surface area (Å²) in [5.41, 5.74) is 0.950. The maximum Gasteiger partial charge on any atom is 0.227 e. The van der Waals surface area contributed by atoms with Gasteiger partial charge in [-0.2, -0.15) is 16.3 Å². The molecule has 0 bridgehead atoms. The van der Waals surface area contributed by atoms with E-state index < -0.39 is 0 Å². The topological polar surface area (TPSA) is 68.0 Å². The normalized spacial score (nSPS) is 10.9. The Bertz CT molecular complexity index is 534. The van der Waals surface area contributed by atoms with E-state index in [2.05, 4.69) is 29.3 Å². The lowest BCUT2D eigenvalue weighted by atomic mass is 10.1. The molecule has 0 spiro atoms. The molecule has 1 N–H and O–H groups in total. The van der Waals surface area contributed by atoms with Crippen molar-refractivity contribution in [3.63, 3.8) is 0 Å². The summed E-state index contributed by atoms with van der Waals surface area (Å²) in [6, 6.07) is 1.94. The van der Waals surface area contributed by atoms with Gasteiger partial charge in [-0.1, -0.05) is 19.0 Å². The summed E-state index contributed by atoms with van der Waals surface area (Å²) in [6.45, 7) is 4.99. The molecule has 0 fully saturated rings. The summed E-state index contributed by atoms with van der Waals surface area (Å²) in [5.74, 6) is 1.71. The molecule has 0 aliphatic rings. The summed E-state index contributed by atoms with van der Waals surface area (Å²) in [5, 5.41) is 10.7. The largest absolute Gasteiger partial charge is 0.356 e. The Labute approximate surface area is 122 Å². The molecular formula is C14H19N3O2S. The lowest BCUT2D eigenvalue weighted by molar-refractivity contribution is -0.121. The maximum absolute atomic E-state index is 11.6. The van der Waals surface area contributed by atoms with Gasteiger partial charge >= 0.3 is 0 Å². The maximum atomic E-state index is 11.6. The first kappa shape index (κ1) is 14.7. The average molecular weight is 293 g/mol. The predicted molar refractivity (Wildman–Crippen MR) is 78.4 cm³/mol. The van der Waals surface area contributed by atoms with Gasteiger partial charge in [0.25, 0.3) is 0 Å². The molecule has 0 radical (unpaired) electrons. The Hall–Kier alpha value is -1.69. The molecule has 6 heteroatoms. The quantitative estimate of drug-likeness (QED) is 0.852. The zero-order valence-electron chi connectivity index (χ0n) is 11.8. The highest BCUT2D eigenvalue weighted by Gasteiger charge is 2.10. The van der Waals surface area contributed by atoms with Crippen LogP contribution in [0.15, 0.2) is 21.3 Å². The third-order valence-corrected chi connectivity index (χ3v) is 3.54. The number of hydrogen-bond donors (Lipinski definition) is 1. The van der Waals surface area contributed by atoms with Crippen molar-refractivity contribution in [3.05, 3.63) is 22.7 Å². The van der Waals surface area contributed by atoms with E-state index in [0.717, 1.165) is 18.5 Å². The Kier molecular flexibility index (Phi) is 5.29. The van der Waals surface area contributed by atoms with E-state index in [0.29, 0.717) is 30.5 Å². The van der Waals surface area contributed by atoms with Crippen LogP contribution in [-0.2, 0) is 11.2 Å². The average Bonchev–Trinajstić information content (AvgIpc) is 3.06. The molecule has 5 nitrogen and oxygen atoms in total. The third kappa shape index (κ3) is 4.45. The van der Waals surface area contributed by atoms with Gasteiger partial charge < -0.3 is 9.84 Å². The molecular weight excluding hydrogens is 274 g/mol. The SMILES string of the molecule is CC(C)CCNC(=O)CCc1nc(-c2ccsc2)no1. The molecule has 1 amide bonds. The lowest BCUT2D eigenvalue weighted by Crippen LogP contribution is -2.25. The van der Waals surface area contributed by atoms with Gasteiger partial charge in [0.1, 0.15) is 0 Å². The predicted octanol–water partition coefficient (Wildman–Crippen LogP) is 2.89. The second-order valence-electron chi connectivity index (χ2n) is 5.06. The van der Waals surface area contributed by atoms with Crippen LogP contribution in [-0.4, -0.2) is 22.6 Å². The molecule has 20 heavy (non-hydrogen) atoms. The monoisotopic (exact) mass is 293 g/mol. The number of carbonyl (C=O) groups is 1. The van der Waals surface area contributed by atoms with Crippen molar-refractivity contribution < 1.29 is 9.32 Å². The molecule has 0 saturated carbocycles. The van der Waals surface area contributed by atoms with Crippen LogP contribution in [0.2, 0.25) is 0 Å². The fourth-order valence-electron chi connectivity index (χ4n) is 1.67. The van der Waals surface area contributed by atoms with Gasteiger partial charge in [0.15, 0.2) is 0 Å². The Morgan fingerprint density at radius 3 is 3.05 bits per heavy atom. The second kappa shape index (κ2) is 7.19. The lowest BCUT2D eigenvalue weighted by Gasteiger charge is -2.05. The van der Waals surface area contributed by atoms with Crippen molar-refractivity contribution in [1.29, 1.82) is 0 Å². The number of aromatic nitrogens is 2. The highest BCUT2D eigenvalue weighted by atomic mass is 32.1. The van der Waals surface area contributed by atoms with E-state index >= 15 is 0 Å². The van der Waals surface area contributed by atoms with Gasteiger partial charge in [0.05, 0.1) is 0 Å². The Morgan fingerprint density at radius 2 is 2.35 bits per heavy atom. The number of carbonyl (C=O) groups excluding carboxylic acids is 1. The van der Waals surface area contributed by atoms with Crippen molar-refractivity contribution in [2.45, 2.75) is 33.1 Å². The zero-order chi connectivity index (χ0) is 14.4. The van der Waals surface area contributed by atoms with Crippen LogP contribution in [0.4, 0.5) is 0 Å². The van der Waals surface area contributed by atoms with E-state index in [1.165, 1.54) is 0 Å². The van der Waals surface area contributed by atoms with Gasteiger partial charge in [-0.25, -0.2) is 0 Å². The molecule has 0 unspecified atom stereocenters. The summed E-state index contributed by atoms with van der Waals surface area (Å²) in [4.78, 5) is 15.9. The second-order valence-corrected chi connectivity index (χ2v) is 5.84. The molecule has 0 aromatic carbocycles. The Morgan fingerprint density at radius 1 is 1.50 bits per heavy atom. The van der Waals surface area contributed by atoms with Crippen molar-refractivity contribution in [3.8, 4) is 11.4 Å². The smallest absolute Gasteiger partial charge is 0.227 e. The zero-order valence-corrected chi connectivity index (χ0v) is 12.6. The van der Waals surface area contributed by atoms with Crippen LogP contribution in [0.25, 0.3) is 11.4 Å². The summed E-state index contributed by atoms with van der Waals surface area (Å²) < 4.78 is 5.15. The van der Waals surface area contributed by atoms with E-state index in [4.69, 9.17) is 4.52 Å². The van der Waals surface area contributed by atoms with Gasteiger partial charge in [-0.15, -0.1) is 0 Å². The molecule has 2 heterocycles. The number of nitrogens with one attached hydrogen (secondary N) is 1. The minimum absolute atomic E-state index is 0.0286. The number of rotatable bonds is 7. The van der Waals surface area contributed by atoms with Gasteiger partial charge in [0, 0.05) is 30.3 Å². The van der Waals surface area contributed by atoms with Crippen LogP contribution in [0.5, 0.6) is 0 Å². The Balaban J connectivity index is 1.75. The standard InChI is InChI=1S/C14H19N3O2S/c1-10(2)5-7-15-12(18)3-4-13-16-14(17-19-13)11-6-8-20-9-11/h6,8-10H,3-5,7H2,1-2H3,(H,15,18). The van der Waals surface area contributed by atoms with Crippen LogP contribution >= 0.6 is 11.3 Å². The van der Waals surface area contributed by atoms with Gasteiger partial charge in [-0.3, -0.25) is 4.79 Å². The highest BCUT2D eigenvalue weighted by Crippen LogP contribution is 2.18. The molecule has 0 atom stereocenters. The molecule has 108 valence electrons. The van der Waals surface area contributed by atoms with Crippen LogP contribution in [0.3, 0.4) is 0 Å². The van der Waals surface area contributed by atoms with E-state index in [1.807, 2.05) is 16.8 Å². The van der Waals surface area contributed by atoms with Gasteiger partial charge in [-0.05, 0) is 23.8 Å². The van der Waals surface area contributed by atoms with Crippen LogP contribution in [0.1, 0.15) is 32.6 Å². The first-order chi connectivity index (χ1) is 9.65. The molecule has 0 aliphatic carbocycles. The minimum atomic E-state index is 0.0286. The van der Waals surface area contributed by atoms with Crippen LogP contribution < -0.4 is 5.32 Å². The molecule has 0 saturated heterocycles. The summed E-state index contributed by atoms with van der Waals surface area (Å²) >= 11 is 1.59. The van der Waals surface area contributed by atoms with E-state index in [1.54, 1.807) is 11.3 Å². The number of hydrogen-bond acceptors (Lipinski definition) is 5. The highest BCUT2D eigenvalue weighted by molar-refractivity contribution is 7.08. The van der Waals surface area contributed by atoms with Crippen molar-refractivity contribution in [1.82, 2.24) is 15.5 Å². The fraction of sp³-hybridized carbons (Fsp3) is 0.500. The van der Waals surface area contributed by atoms with E-state index in [-0.39, 0.29) is 5.91 Å². The third-order valence-electron chi connectivity index (χ3n) is 2.86. The first-order valence-corrected chi connectivity index (χ1v) is 7.71. The fourth-order valence-corrected chi connectivity index (χ4v) is 2.31. The molecule has 0 aliphatic heterocycles. The first-order valence-electron chi connectivity index (χ1n) is 6.77. The van der Waals surface area contributed by atoms with Crippen molar-refractivity contribution >= 4 is 17.2 Å². The molecule has 2 aromatic rings. The van der Waals surface area contributed by atoms with E-state index in [9.17, 15) is 4.79 Å². The summed E-state index contributed by atoms with van der Waals surface area (Å²) in [6.07, 6.45) is 1.85. The summed E-state index contributed by atoms with van der Waals surface area (Å²) in [7, 11) is 0. The number of nitrogens with zero attached hydrogens (tertiary/aromatic N) is 2. The van der Waals surface area contributed by atoms with Crippen LogP contribution in [0, 0.1) is 5.92 Å². The number of amides is 1. The van der Waals surface area contributed by atoms with Gasteiger partial charge in [0.2, 0.25) is 17.6 Å². The van der Waals surface area contributed by atoms with Crippen molar-refractivity contribution in [2.24, 2.45) is 5.92 Å². The molecule has 2 aromatic heterocycles. The number of thiophene rings is 1. The molecule has 2 rings (SSSR count).